The number of pyridine rings is 1. The molecule has 0 unspecified atom stereocenters. The number of nitrogens with zero attached hydrogens (tertiary/aromatic N) is 2. The fourth-order valence-electron chi connectivity index (χ4n) is 1.91. The third-order valence-electron chi connectivity index (χ3n) is 3.02. The van der Waals surface area contributed by atoms with E-state index in [1.807, 2.05) is 37.3 Å². The molecular formula is C16H12BrN3OS. The third-order valence-corrected chi connectivity index (χ3v) is 4.57. The van der Waals surface area contributed by atoms with Gasteiger partial charge in [0.2, 0.25) is 0 Å². The van der Waals surface area contributed by atoms with Crippen LogP contribution in [0.15, 0.2) is 52.6 Å². The Morgan fingerprint density at radius 3 is 2.91 bits per heavy atom. The van der Waals surface area contributed by atoms with Crippen molar-refractivity contribution in [3.8, 4) is 10.6 Å². The lowest BCUT2D eigenvalue weighted by molar-refractivity contribution is 0.102. The molecule has 4 nitrogen and oxygen atoms in total. The van der Waals surface area contributed by atoms with Gasteiger partial charge in [-0.05, 0) is 52.7 Å². The molecule has 1 amide bonds. The lowest BCUT2D eigenvalue weighted by atomic mass is 10.2. The number of hydrogen-bond donors (Lipinski definition) is 1. The zero-order valence-corrected chi connectivity index (χ0v) is 14.1. The van der Waals surface area contributed by atoms with Gasteiger partial charge in [-0.1, -0.05) is 6.07 Å². The second kappa shape index (κ2) is 6.37. The maximum Gasteiger partial charge on any atom is 0.275 e. The number of amides is 1. The van der Waals surface area contributed by atoms with Crippen LogP contribution in [0.5, 0.6) is 0 Å². The summed E-state index contributed by atoms with van der Waals surface area (Å²) >= 11 is 4.87. The van der Waals surface area contributed by atoms with Crippen molar-refractivity contribution in [3.63, 3.8) is 0 Å². The summed E-state index contributed by atoms with van der Waals surface area (Å²) in [5, 5.41) is 5.39. The SMILES string of the molecule is Cc1ccc(NC(=O)c2csc(-c3cccnc3)n2)c(Br)c1. The van der Waals surface area contributed by atoms with Gasteiger partial charge < -0.3 is 5.32 Å². The quantitative estimate of drug-likeness (QED) is 0.733. The number of hydrogen-bond acceptors (Lipinski definition) is 4. The average molecular weight is 374 g/mol. The van der Waals surface area contributed by atoms with Crippen LogP contribution in [0.2, 0.25) is 0 Å². The van der Waals surface area contributed by atoms with Crippen molar-refractivity contribution in [2.75, 3.05) is 5.32 Å². The van der Waals surface area contributed by atoms with Gasteiger partial charge in [-0.2, -0.15) is 0 Å². The lowest BCUT2D eigenvalue weighted by Crippen LogP contribution is -2.12. The summed E-state index contributed by atoms with van der Waals surface area (Å²) in [6.07, 6.45) is 3.44. The van der Waals surface area contributed by atoms with E-state index in [0.29, 0.717) is 5.69 Å². The van der Waals surface area contributed by atoms with E-state index in [0.717, 1.165) is 26.3 Å². The first kappa shape index (κ1) is 14.9. The molecule has 1 aromatic carbocycles. The molecule has 0 aliphatic rings. The van der Waals surface area contributed by atoms with Crippen LogP contribution >= 0.6 is 27.3 Å². The van der Waals surface area contributed by atoms with E-state index in [9.17, 15) is 4.79 Å². The summed E-state index contributed by atoms with van der Waals surface area (Å²) in [6, 6.07) is 9.54. The Morgan fingerprint density at radius 2 is 2.18 bits per heavy atom. The summed E-state index contributed by atoms with van der Waals surface area (Å²) in [6.45, 7) is 2.00. The number of carbonyl (C=O) groups excluding carboxylic acids is 1. The molecule has 110 valence electrons. The van der Waals surface area contributed by atoms with Gasteiger partial charge >= 0.3 is 0 Å². The average Bonchev–Trinajstić information content (AvgIpc) is 3.01. The number of carbonyl (C=O) groups is 1. The van der Waals surface area contributed by atoms with Crippen molar-refractivity contribution < 1.29 is 4.79 Å². The smallest absolute Gasteiger partial charge is 0.275 e. The van der Waals surface area contributed by atoms with Gasteiger partial charge in [0.25, 0.3) is 5.91 Å². The molecular weight excluding hydrogens is 362 g/mol. The van der Waals surface area contributed by atoms with Crippen molar-refractivity contribution in [1.29, 1.82) is 0 Å². The zero-order chi connectivity index (χ0) is 15.5. The molecule has 0 aliphatic heterocycles. The number of aromatic nitrogens is 2. The predicted molar refractivity (Wildman–Crippen MR) is 92.2 cm³/mol. The molecule has 3 aromatic rings. The monoisotopic (exact) mass is 373 g/mol. The minimum atomic E-state index is -0.226. The standard InChI is InChI=1S/C16H12BrN3OS/c1-10-4-5-13(12(17)7-10)19-15(21)14-9-22-16(20-14)11-3-2-6-18-8-11/h2-9H,1H3,(H,19,21). The molecule has 3 rings (SSSR count). The van der Waals surface area contributed by atoms with Gasteiger partial charge in [0.1, 0.15) is 10.7 Å². The van der Waals surface area contributed by atoms with Crippen molar-refractivity contribution in [3.05, 3.63) is 63.8 Å². The molecule has 0 aliphatic carbocycles. The summed E-state index contributed by atoms with van der Waals surface area (Å²) < 4.78 is 0.851. The predicted octanol–water partition coefficient (Wildman–Crippen LogP) is 4.53. The maximum atomic E-state index is 12.3. The molecule has 2 heterocycles. The number of aryl methyl sites for hydroxylation is 1. The molecule has 0 bridgehead atoms. The van der Waals surface area contributed by atoms with Crippen molar-refractivity contribution in [2.24, 2.45) is 0 Å². The van der Waals surface area contributed by atoms with E-state index < -0.39 is 0 Å². The molecule has 0 saturated carbocycles. The van der Waals surface area contributed by atoms with Crippen molar-refractivity contribution in [2.45, 2.75) is 6.92 Å². The highest BCUT2D eigenvalue weighted by Crippen LogP contribution is 2.26. The van der Waals surface area contributed by atoms with Gasteiger partial charge in [-0.3, -0.25) is 9.78 Å². The first-order valence-corrected chi connectivity index (χ1v) is 8.24. The number of nitrogens with one attached hydrogen (secondary N) is 1. The molecule has 1 N–H and O–H groups in total. The number of thiazole rings is 1. The van der Waals surface area contributed by atoms with Crippen LogP contribution in [0.3, 0.4) is 0 Å². The van der Waals surface area contributed by atoms with Gasteiger partial charge in [0, 0.05) is 27.8 Å². The summed E-state index contributed by atoms with van der Waals surface area (Å²) in [7, 11) is 0. The number of halogens is 1. The third kappa shape index (κ3) is 3.23. The number of rotatable bonds is 3. The fourth-order valence-corrected chi connectivity index (χ4v) is 3.29. The Labute approximate surface area is 140 Å². The molecule has 22 heavy (non-hydrogen) atoms. The molecule has 0 saturated heterocycles. The van der Waals surface area contributed by atoms with Crippen LogP contribution in [0.4, 0.5) is 5.69 Å². The maximum absolute atomic E-state index is 12.3. The molecule has 0 spiro atoms. The van der Waals surface area contributed by atoms with E-state index in [1.54, 1.807) is 17.8 Å². The zero-order valence-electron chi connectivity index (χ0n) is 11.7. The van der Waals surface area contributed by atoms with Gasteiger partial charge in [-0.25, -0.2) is 4.98 Å². The minimum absolute atomic E-state index is 0.226. The molecule has 6 heteroatoms. The molecule has 0 atom stereocenters. The van der Waals surface area contributed by atoms with Crippen LogP contribution in [-0.4, -0.2) is 15.9 Å². The molecule has 0 radical (unpaired) electrons. The minimum Gasteiger partial charge on any atom is -0.320 e. The molecule has 0 fully saturated rings. The molecule has 2 aromatic heterocycles. The van der Waals surface area contributed by atoms with Crippen LogP contribution in [0.25, 0.3) is 10.6 Å². The Kier molecular flexibility index (Phi) is 4.31. The second-order valence-corrected chi connectivity index (χ2v) is 6.43. The Bertz CT molecular complexity index is 817. The number of anilines is 1. The van der Waals surface area contributed by atoms with Crippen molar-refractivity contribution in [1.82, 2.24) is 9.97 Å². The van der Waals surface area contributed by atoms with Crippen LogP contribution in [-0.2, 0) is 0 Å². The summed E-state index contributed by atoms with van der Waals surface area (Å²) in [4.78, 5) is 20.7. The van der Waals surface area contributed by atoms with Crippen LogP contribution in [0.1, 0.15) is 16.1 Å². The van der Waals surface area contributed by atoms with Crippen LogP contribution < -0.4 is 5.32 Å². The van der Waals surface area contributed by atoms with Crippen molar-refractivity contribution >= 4 is 38.9 Å². The Morgan fingerprint density at radius 1 is 1.32 bits per heavy atom. The van der Waals surface area contributed by atoms with E-state index in [1.165, 1.54) is 11.3 Å². The fraction of sp³-hybridized carbons (Fsp3) is 0.0625. The number of benzene rings is 1. The van der Waals surface area contributed by atoms with E-state index in [2.05, 4.69) is 31.2 Å². The van der Waals surface area contributed by atoms with Crippen LogP contribution in [0, 0.1) is 6.92 Å². The highest BCUT2D eigenvalue weighted by atomic mass is 79.9. The first-order chi connectivity index (χ1) is 10.6. The second-order valence-electron chi connectivity index (χ2n) is 4.72. The van der Waals surface area contributed by atoms with Gasteiger partial charge in [-0.15, -0.1) is 11.3 Å². The van der Waals surface area contributed by atoms with E-state index in [-0.39, 0.29) is 5.91 Å². The van der Waals surface area contributed by atoms with Gasteiger partial charge in [0.05, 0.1) is 5.69 Å². The Balaban J connectivity index is 1.80. The first-order valence-electron chi connectivity index (χ1n) is 6.57. The van der Waals surface area contributed by atoms with E-state index in [4.69, 9.17) is 0 Å². The van der Waals surface area contributed by atoms with Gasteiger partial charge in [0.15, 0.2) is 0 Å². The highest BCUT2D eigenvalue weighted by Gasteiger charge is 2.13. The lowest BCUT2D eigenvalue weighted by Gasteiger charge is -2.06. The topological polar surface area (TPSA) is 54.9 Å². The normalized spacial score (nSPS) is 10.5. The summed E-state index contributed by atoms with van der Waals surface area (Å²) in [5.74, 6) is -0.226. The highest BCUT2D eigenvalue weighted by molar-refractivity contribution is 9.10. The Hall–Kier alpha value is -2.05. The largest absolute Gasteiger partial charge is 0.320 e. The van der Waals surface area contributed by atoms with E-state index >= 15 is 0 Å². The summed E-state index contributed by atoms with van der Waals surface area (Å²) in [5.41, 5.74) is 3.16.